The summed E-state index contributed by atoms with van der Waals surface area (Å²) in [7, 11) is 0. The number of alkyl halides is 1. The fourth-order valence-electron chi connectivity index (χ4n) is 2.91. The fourth-order valence-corrected chi connectivity index (χ4v) is 3.46. The second kappa shape index (κ2) is 5.08. The standard InChI is InChI=1S/C16H21BrO/c1-11-8-9-15(17)16(2,3)13(11)10-12-6-4-5-7-14(12)18/h4-7,13,15,18H,1,8-10H2,2-3H3/t13?,15-/m0/s1. The maximum atomic E-state index is 9.92. The molecule has 0 radical (unpaired) electrons. The lowest BCUT2D eigenvalue weighted by atomic mass is 9.64. The summed E-state index contributed by atoms with van der Waals surface area (Å²) in [5.41, 5.74) is 2.52. The van der Waals surface area contributed by atoms with Crippen molar-refractivity contribution in [2.24, 2.45) is 11.3 Å². The van der Waals surface area contributed by atoms with Gasteiger partial charge in [0.05, 0.1) is 0 Å². The van der Waals surface area contributed by atoms with E-state index in [0.29, 0.717) is 16.5 Å². The molecule has 98 valence electrons. The third-order valence-corrected chi connectivity index (χ3v) is 5.97. The molecule has 18 heavy (non-hydrogen) atoms. The molecule has 0 heterocycles. The zero-order valence-corrected chi connectivity index (χ0v) is 12.7. The van der Waals surface area contributed by atoms with Gasteiger partial charge in [0.1, 0.15) is 5.75 Å². The van der Waals surface area contributed by atoms with Gasteiger partial charge < -0.3 is 5.11 Å². The van der Waals surface area contributed by atoms with Crippen molar-refractivity contribution in [2.75, 3.05) is 0 Å². The number of allylic oxidation sites excluding steroid dienone is 1. The Kier molecular flexibility index (Phi) is 3.86. The number of phenolic OH excluding ortho intramolecular Hbond substituents is 1. The zero-order valence-electron chi connectivity index (χ0n) is 11.1. The zero-order chi connectivity index (χ0) is 13.3. The van der Waals surface area contributed by atoms with Gasteiger partial charge in [0.15, 0.2) is 0 Å². The van der Waals surface area contributed by atoms with Gasteiger partial charge in [-0.2, -0.15) is 0 Å². The van der Waals surface area contributed by atoms with Crippen LogP contribution >= 0.6 is 15.9 Å². The van der Waals surface area contributed by atoms with Crippen molar-refractivity contribution in [2.45, 2.75) is 37.9 Å². The molecule has 0 aliphatic heterocycles. The second-order valence-corrected chi connectivity index (χ2v) is 6.98. The minimum atomic E-state index is 0.178. The second-order valence-electron chi connectivity index (χ2n) is 5.87. The summed E-state index contributed by atoms with van der Waals surface area (Å²) in [6.45, 7) is 8.84. The van der Waals surface area contributed by atoms with Crippen molar-refractivity contribution in [3.63, 3.8) is 0 Å². The highest BCUT2D eigenvalue weighted by atomic mass is 79.9. The number of rotatable bonds is 2. The Labute approximate surface area is 118 Å². The van der Waals surface area contributed by atoms with Crippen molar-refractivity contribution in [1.29, 1.82) is 0 Å². The van der Waals surface area contributed by atoms with Crippen LogP contribution in [0.1, 0.15) is 32.3 Å². The van der Waals surface area contributed by atoms with Crippen LogP contribution in [-0.2, 0) is 6.42 Å². The molecule has 0 saturated heterocycles. The van der Waals surface area contributed by atoms with Gasteiger partial charge in [-0.15, -0.1) is 0 Å². The fraction of sp³-hybridized carbons (Fsp3) is 0.500. The van der Waals surface area contributed by atoms with Crippen molar-refractivity contribution < 1.29 is 5.11 Å². The molecule has 1 N–H and O–H groups in total. The molecule has 2 atom stereocenters. The molecule has 1 fully saturated rings. The Morgan fingerprint density at radius 3 is 2.72 bits per heavy atom. The smallest absolute Gasteiger partial charge is 0.118 e. The van der Waals surface area contributed by atoms with Crippen molar-refractivity contribution >= 4 is 15.9 Å². The van der Waals surface area contributed by atoms with Gasteiger partial charge in [-0.25, -0.2) is 0 Å². The number of benzene rings is 1. The van der Waals surface area contributed by atoms with Crippen LogP contribution in [0.5, 0.6) is 5.75 Å². The monoisotopic (exact) mass is 308 g/mol. The Balaban J connectivity index is 2.26. The van der Waals surface area contributed by atoms with E-state index in [1.54, 1.807) is 6.07 Å². The van der Waals surface area contributed by atoms with Crippen LogP contribution in [0.2, 0.25) is 0 Å². The molecule has 0 amide bonds. The van der Waals surface area contributed by atoms with E-state index in [-0.39, 0.29) is 5.41 Å². The lowest BCUT2D eigenvalue weighted by molar-refractivity contribution is 0.202. The molecule has 0 spiro atoms. The quantitative estimate of drug-likeness (QED) is 0.620. The minimum absolute atomic E-state index is 0.178. The van der Waals surface area contributed by atoms with Gasteiger partial charge >= 0.3 is 0 Å². The summed E-state index contributed by atoms with van der Waals surface area (Å²) < 4.78 is 0. The van der Waals surface area contributed by atoms with Crippen LogP contribution in [0.3, 0.4) is 0 Å². The van der Waals surface area contributed by atoms with E-state index in [2.05, 4.69) is 36.4 Å². The van der Waals surface area contributed by atoms with Crippen LogP contribution in [0.15, 0.2) is 36.4 Å². The topological polar surface area (TPSA) is 20.2 Å². The van der Waals surface area contributed by atoms with Gasteiger partial charge in [0.2, 0.25) is 0 Å². The molecular formula is C16H21BrO. The number of hydrogen-bond acceptors (Lipinski definition) is 1. The summed E-state index contributed by atoms with van der Waals surface area (Å²) in [6.07, 6.45) is 3.11. The van der Waals surface area contributed by atoms with Gasteiger partial charge in [0.25, 0.3) is 0 Å². The van der Waals surface area contributed by atoms with Gasteiger partial charge in [-0.1, -0.05) is 60.1 Å². The molecule has 2 heteroatoms. The van der Waals surface area contributed by atoms with Crippen molar-refractivity contribution in [3.05, 3.63) is 42.0 Å². The molecule has 2 rings (SSSR count). The molecule has 1 aliphatic rings. The van der Waals surface area contributed by atoms with E-state index in [1.165, 1.54) is 5.57 Å². The molecule has 0 bridgehead atoms. The Bertz CT molecular complexity index is 450. The maximum Gasteiger partial charge on any atom is 0.118 e. The first-order valence-corrected chi connectivity index (χ1v) is 7.43. The van der Waals surface area contributed by atoms with Gasteiger partial charge in [0, 0.05) is 4.83 Å². The van der Waals surface area contributed by atoms with E-state index >= 15 is 0 Å². The highest BCUT2D eigenvalue weighted by molar-refractivity contribution is 9.09. The van der Waals surface area contributed by atoms with Gasteiger partial charge in [-0.05, 0) is 42.2 Å². The molecule has 1 nitrogen and oxygen atoms in total. The first-order chi connectivity index (χ1) is 8.43. The third-order valence-electron chi connectivity index (χ3n) is 4.33. The van der Waals surface area contributed by atoms with Crippen molar-refractivity contribution in [3.8, 4) is 5.75 Å². The molecule has 0 aromatic heterocycles. The van der Waals surface area contributed by atoms with Crippen LogP contribution in [-0.4, -0.2) is 9.93 Å². The predicted molar refractivity (Wildman–Crippen MR) is 80.2 cm³/mol. The Morgan fingerprint density at radius 2 is 2.06 bits per heavy atom. The molecule has 1 aromatic rings. The average molecular weight is 309 g/mol. The first kappa shape index (κ1) is 13.7. The highest BCUT2D eigenvalue weighted by Crippen LogP contribution is 2.48. The Hall–Kier alpha value is -0.760. The maximum absolute atomic E-state index is 9.92. The summed E-state index contributed by atoms with van der Waals surface area (Å²) in [6, 6.07) is 7.63. The summed E-state index contributed by atoms with van der Waals surface area (Å²) in [4.78, 5) is 0.520. The number of aromatic hydroxyl groups is 1. The highest BCUT2D eigenvalue weighted by Gasteiger charge is 2.40. The predicted octanol–water partition coefficient (Wildman–Crippen LogP) is 4.69. The first-order valence-electron chi connectivity index (χ1n) is 6.51. The molecule has 1 saturated carbocycles. The number of hydrogen-bond donors (Lipinski definition) is 1. The summed E-state index contributed by atoms with van der Waals surface area (Å²) >= 11 is 3.81. The largest absolute Gasteiger partial charge is 0.508 e. The normalized spacial score (nSPS) is 27.2. The van der Waals surface area contributed by atoms with E-state index < -0.39 is 0 Å². The SMILES string of the molecule is C=C1CC[C@H](Br)C(C)(C)C1Cc1ccccc1O. The third kappa shape index (κ3) is 2.49. The van der Waals surface area contributed by atoms with E-state index in [4.69, 9.17) is 0 Å². The lowest BCUT2D eigenvalue weighted by Gasteiger charge is -2.44. The number of para-hydroxylation sites is 1. The number of phenols is 1. The van der Waals surface area contributed by atoms with Crippen LogP contribution < -0.4 is 0 Å². The van der Waals surface area contributed by atoms with Crippen LogP contribution in [0.25, 0.3) is 0 Å². The van der Waals surface area contributed by atoms with E-state index in [9.17, 15) is 5.11 Å². The minimum Gasteiger partial charge on any atom is -0.508 e. The Morgan fingerprint density at radius 1 is 1.39 bits per heavy atom. The molecule has 1 aliphatic carbocycles. The molecular weight excluding hydrogens is 288 g/mol. The lowest BCUT2D eigenvalue weighted by Crippen LogP contribution is -2.39. The molecule has 1 unspecified atom stereocenters. The summed E-state index contributed by atoms with van der Waals surface area (Å²) in [5, 5.41) is 9.92. The van der Waals surface area contributed by atoms with Crippen LogP contribution in [0, 0.1) is 11.3 Å². The number of halogens is 1. The van der Waals surface area contributed by atoms with E-state index in [0.717, 1.165) is 24.8 Å². The molecule has 1 aromatic carbocycles. The summed E-state index contributed by atoms with van der Waals surface area (Å²) in [5.74, 6) is 0.821. The van der Waals surface area contributed by atoms with Crippen LogP contribution in [0.4, 0.5) is 0 Å². The van der Waals surface area contributed by atoms with Crippen molar-refractivity contribution in [1.82, 2.24) is 0 Å². The average Bonchev–Trinajstić information content (AvgIpc) is 2.32. The van der Waals surface area contributed by atoms with Gasteiger partial charge in [-0.3, -0.25) is 0 Å². The van der Waals surface area contributed by atoms with E-state index in [1.807, 2.05) is 18.2 Å².